The summed E-state index contributed by atoms with van der Waals surface area (Å²) in [5, 5.41) is 0. The molecule has 0 aliphatic heterocycles. The summed E-state index contributed by atoms with van der Waals surface area (Å²) in [6.45, 7) is 2.82. The van der Waals surface area contributed by atoms with Gasteiger partial charge in [-0.05, 0) is 50.4 Å². The minimum Gasteiger partial charge on any atom is -0.491 e. The molecule has 1 aromatic rings. The molecule has 0 atom stereocenters. The molecule has 0 saturated carbocycles. The van der Waals surface area contributed by atoms with Crippen molar-refractivity contribution in [1.29, 1.82) is 0 Å². The Morgan fingerprint density at radius 2 is 1.69 bits per heavy atom. The molecule has 0 bridgehead atoms. The molecule has 0 unspecified atom stereocenters. The Labute approximate surface area is 103 Å². The first-order chi connectivity index (χ1) is 6.15. The fourth-order valence-corrected chi connectivity index (χ4v) is 3.36. The third-order valence-electron chi connectivity index (χ3n) is 1.41. The molecular formula is C9H9Br3O. The van der Waals surface area contributed by atoms with Crippen molar-refractivity contribution in [3.63, 3.8) is 0 Å². The molecule has 0 saturated heterocycles. The Balaban J connectivity index is 2.92. The van der Waals surface area contributed by atoms with Crippen LogP contribution >= 0.6 is 47.8 Å². The lowest BCUT2D eigenvalue weighted by Crippen LogP contribution is -1.96. The lowest BCUT2D eigenvalue weighted by Gasteiger charge is -2.09. The summed E-state index contributed by atoms with van der Waals surface area (Å²) >= 11 is 10.3. The van der Waals surface area contributed by atoms with Crippen LogP contribution in [0.15, 0.2) is 25.6 Å². The van der Waals surface area contributed by atoms with Crippen LogP contribution in [0.5, 0.6) is 5.75 Å². The Hall–Kier alpha value is 0.460. The van der Waals surface area contributed by atoms with Gasteiger partial charge < -0.3 is 4.74 Å². The molecule has 0 aliphatic rings. The Bertz CT molecular complexity index is 276. The normalized spacial score (nSPS) is 10.2. The van der Waals surface area contributed by atoms with E-state index in [0.717, 1.165) is 32.2 Å². The van der Waals surface area contributed by atoms with E-state index in [4.69, 9.17) is 4.74 Å². The Kier molecular flexibility index (Phi) is 4.76. The second-order valence-corrected chi connectivity index (χ2v) is 5.17. The van der Waals surface area contributed by atoms with Gasteiger partial charge in [0.2, 0.25) is 0 Å². The van der Waals surface area contributed by atoms with Gasteiger partial charge in [-0.1, -0.05) is 22.9 Å². The van der Waals surface area contributed by atoms with E-state index < -0.39 is 0 Å². The van der Waals surface area contributed by atoms with Crippen molar-refractivity contribution in [2.45, 2.75) is 13.3 Å². The van der Waals surface area contributed by atoms with Gasteiger partial charge >= 0.3 is 0 Å². The van der Waals surface area contributed by atoms with Gasteiger partial charge in [0.15, 0.2) is 0 Å². The summed E-state index contributed by atoms with van der Waals surface area (Å²) in [4.78, 5) is 0. The van der Waals surface area contributed by atoms with Crippen LogP contribution in [0, 0.1) is 0 Å². The van der Waals surface area contributed by atoms with Gasteiger partial charge in [-0.25, -0.2) is 0 Å². The van der Waals surface area contributed by atoms with Crippen molar-refractivity contribution in [3.05, 3.63) is 25.6 Å². The standard InChI is InChI=1S/C9H9Br3O/c1-2-3-13-9-7(11)4-6(10)5-8(9)12/h4-5H,2-3H2,1H3. The van der Waals surface area contributed by atoms with Gasteiger partial charge in [-0.3, -0.25) is 0 Å². The Morgan fingerprint density at radius 3 is 2.15 bits per heavy atom. The molecule has 0 aliphatic carbocycles. The highest BCUT2D eigenvalue weighted by atomic mass is 79.9. The van der Waals surface area contributed by atoms with Crippen molar-refractivity contribution in [2.75, 3.05) is 6.61 Å². The molecule has 72 valence electrons. The molecule has 1 nitrogen and oxygen atoms in total. The second-order valence-electron chi connectivity index (χ2n) is 2.55. The molecule has 0 aromatic heterocycles. The summed E-state index contributed by atoms with van der Waals surface area (Å²) < 4.78 is 8.50. The minimum atomic E-state index is 0.735. The first kappa shape index (κ1) is 11.5. The minimum absolute atomic E-state index is 0.735. The molecule has 13 heavy (non-hydrogen) atoms. The third kappa shape index (κ3) is 3.26. The van der Waals surface area contributed by atoms with E-state index in [1.807, 2.05) is 12.1 Å². The number of benzene rings is 1. The van der Waals surface area contributed by atoms with Crippen LogP contribution in [0.3, 0.4) is 0 Å². The predicted octanol–water partition coefficient (Wildman–Crippen LogP) is 4.76. The smallest absolute Gasteiger partial charge is 0.147 e. The summed E-state index contributed by atoms with van der Waals surface area (Å²) in [6, 6.07) is 3.94. The van der Waals surface area contributed by atoms with Crippen molar-refractivity contribution >= 4 is 47.8 Å². The number of rotatable bonds is 3. The first-order valence-corrected chi connectivity index (χ1v) is 6.30. The maximum Gasteiger partial charge on any atom is 0.147 e. The molecule has 0 fully saturated rings. The van der Waals surface area contributed by atoms with E-state index in [9.17, 15) is 0 Å². The first-order valence-electron chi connectivity index (χ1n) is 3.92. The highest BCUT2D eigenvalue weighted by Gasteiger charge is 2.07. The summed E-state index contributed by atoms with van der Waals surface area (Å²) in [6.07, 6.45) is 1.01. The van der Waals surface area contributed by atoms with Crippen molar-refractivity contribution < 1.29 is 4.74 Å². The molecule has 0 amide bonds. The van der Waals surface area contributed by atoms with Gasteiger partial charge in [-0.2, -0.15) is 0 Å². The van der Waals surface area contributed by atoms with E-state index >= 15 is 0 Å². The van der Waals surface area contributed by atoms with Crippen molar-refractivity contribution in [3.8, 4) is 5.75 Å². The van der Waals surface area contributed by atoms with Gasteiger partial charge in [0.25, 0.3) is 0 Å². The number of hydrogen-bond acceptors (Lipinski definition) is 1. The Morgan fingerprint density at radius 1 is 1.15 bits per heavy atom. The molecule has 4 heteroatoms. The van der Waals surface area contributed by atoms with Crippen LogP contribution in [-0.2, 0) is 0 Å². The molecule has 0 radical (unpaired) electrons. The van der Waals surface area contributed by atoms with Crippen molar-refractivity contribution in [2.24, 2.45) is 0 Å². The maximum absolute atomic E-state index is 5.56. The van der Waals surface area contributed by atoms with Gasteiger partial charge in [0.05, 0.1) is 15.6 Å². The average Bonchev–Trinajstić information content (AvgIpc) is 2.02. The van der Waals surface area contributed by atoms with E-state index in [1.54, 1.807) is 0 Å². The lowest BCUT2D eigenvalue weighted by atomic mass is 10.3. The summed E-state index contributed by atoms with van der Waals surface area (Å²) in [7, 11) is 0. The third-order valence-corrected chi connectivity index (χ3v) is 3.05. The molecular weight excluding hydrogens is 364 g/mol. The van der Waals surface area contributed by atoms with Gasteiger partial charge in [0.1, 0.15) is 5.75 Å². The monoisotopic (exact) mass is 370 g/mol. The van der Waals surface area contributed by atoms with Crippen LogP contribution in [-0.4, -0.2) is 6.61 Å². The van der Waals surface area contributed by atoms with E-state index in [2.05, 4.69) is 54.7 Å². The SMILES string of the molecule is CCCOc1c(Br)cc(Br)cc1Br. The zero-order valence-corrected chi connectivity index (χ0v) is 11.9. The largest absolute Gasteiger partial charge is 0.491 e. The quantitative estimate of drug-likeness (QED) is 0.743. The molecule has 1 aromatic carbocycles. The summed E-state index contributed by atoms with van der Waals surface area (Å²) in [5.74, 6) is 0.866. The highest BCUT2D eigenvalue weighted by molar-refractivity contribution is 9.11. The fourth-order valence-electron chi connectivity index (χ4n) is 0.871. The van der Waals surface area contributed by atoms with Crippen molar-refractivity contribution in [1.82, 2.24) is 0 Å². The molecule has 0 heterocycles. The number of halogens is 3. The molecule has 1 rings (SSSR count). The van der Waals surface area contributed by atoms with Crippen LogP contribution in [0.1, 0.15) is 13.3 Å². The number of hydrogen-bond donors (Lipinski definition) is 0. The van der Waals surface area contributed by atoms with Gasteiger partial charge in [0, 0.05) is 4.47 Å². The topological polar surface area (TPSA) is 9.23 Å². The second kappa shape index (κ2) is 5.37. The van der Waals surface area contributed by atoms with E-state index in [-0.39, 0.29) is 0 Å². The van der Waals surface area contributed by atoms with Crippen LogP contribution in [0.4, 0.5) is 0 Å². The van der Waals surface area contributed by atoms with Gasteiger partial charge in [-0.15, -0.1) is 0 Å². The fraction of sp³-hybridized carbons (Fsp3) is 0.333. The highest BCUT2D eigenvalue weighted by Crippen LogP contribution is 2.36. The van der Waals surface area contributed by atoms with E-state index in [1.165, 1.54) is 0 Å². The molecule has 0 spiro atoms. The van der Waals surface area contributed by atoms with Crippen LogP contribution < -0.4 is 4.74 Å². The zero-order valence-electron chi connectivity index (χ0n) is 7.11. The zero-order chi connectivity index (χ0) is 9.84. The summed E-state index contributed by atoms with van der Waals surface area (Å²) in [5.41, 5.74) is 0. The number of ether oxygens (including phenoxy) is 1. The molecule has 0 N–H and O–H groups in total. The average molecular weight is 373 g/mol. The predicted molar refractivity (Wildman–Crippen MR) is 65.3 cm³/mol. The maximum atomic E-state index is 5.56. The van der Waals surface area contributed by atoms with E-state index in [0.29, 0.717) is 0 Å². The van der Waals surface area contributed by atoms with Crippen LogP contribution in [0.2, 0.25) is 0 Å². The lowest BCUT2D eigenvalue weighted by molar-refractivity contribution is 0.313. The van der Waals surface area contributed by atoms with Crippen LogP contribution in [0.25, 0.3) is 0 Å².